The molecular weight excluding hydrogens is 1370 g/mol. The molecule has 0 aliphatic carbocycles. The number of alkyl halides is 2. The molecule has 6 N–H and O–H groups in total. The van der Waals surface area contributed by atoms with Crippen LogP contribution in [0.2, 0.25) is 23.4 Å². The standard InChI is InChI=1S/C26H25ClFN7O3.C22H20BrClFN5O3.C4H5N2.3C4H9.Sn/c1-26(28)12-34(13-26)21(36)11-35-23-16(7-18(22(29)32-23)20-10-33(2)14-31-20)8-19(25(35)38)24(37)30-9-15-3-5-17(27)6-4-15;1-22(25)10-29(11-22)17(31)9-30-19-13(7-16(23)18(26)28-19)6-15(21(30)33)20(32)27-8-12-2-4-14(24)5-3-12;1-6-3-2-5-4-6;3*1-3-4-2;/h3-8,10,14H,9,11-13H2,1-2H3,(H2,29,32)(H,30,37);2-7H,8-11H2,1H3,(H2,26,28)(H,27,32);3-4H,1H3;3*1,3-4H2,2H3;. The molecule has 2 aliphatic rings. The Bertz CT molecular complexity index is 4010. The quantitative estimate of drug-likeness (QED) is 0.0490. The summed E-state index contributed by atoms with van der Waals surface area (Å²) < 4.78 is 40.5. The summed E-state index contributed by atoms with van der Waals surface area (Å²) in [5.74, 6) is -1.90. The first kappa shape index (κ1) is 68.7. The average molecular weight is 1450 g/mol. The molecule has 0 bridgehead atoms. The molecule has 2 fully saturated rings. The number of nitrogens with zero attached hydrogens (tertiary/aromatic N) is 10. The van der Waals surface area contributed by atoms with Crippen molar-refractivity contribution in [2.75, 3.05) is 37.6 Å². The van der Waals surface area contributed by atoms with Crippen LogP contribution < -0.4 is 36.9 Å². The van der Waals surface area contributed by atoms with Gasteiger partial charge in [0.1, 0.15) is 58.5 Å². The first-order valence-electron chi connectivity index (χ1n) is 30.0. The minimum absolute atomic E-state index is 0.0547. The number of imidazole rings is 2. The number of aromatic nitrogens is 8. The molecule has 2 aromatic carbocycles. The largest absolute Gasteiger partial charge is 0.383 e. The predicted molar refractivity (Wildman–Crippen MR) is 356 cm³/mol. The van der Waals surface area contributed by atoms with E-state index < -0.39 is 77.6 Å². The first-order chi connectivity index (χ1) is 42.7. The van der Waals surface area contributed by atoms with Gasteiger partial charge in [-0.15, -0.1) is 0 Å². The summed E-state index contributed by atoms with van der Waals surface area (Å²) in [5.41, 5.74) is 10.4. The molecule has 8 heterocycles. The van der Waals surface area contributed by atoms with Crippen LogP contribution in [0.15, 0.2) is 112 Å². The van der Waals surface area contributed by atoms with Crippen molar-refractivity contribution >= 4 is 119 Å². The van der Waals surface area contributed by atoms with Gasteiger partial charge in [0.15, 0.2) is 0 Å². The molecule has 26 heteroatoms. The normalized spacial score (nSPS) is 14.0. The molecule has 0 radical (unpaired) electrons. The van der Waals surface area contributed by atoms with Gasteiger partial charge < -0.3 is 36.5 Å². The van der Waals surface area contributed by atoms with E-state index in [0.29, 0.717) is 36.5 Å². The molecule has 90 heavy (non-hydrogen) atoms. The second-order valence-corrected chi connectivity index (χ2v) is 38.7. The molecule has 0 atom stereocenters. The summed E-state index contributed by atoms with van der Waals surface area (Å²) in [7, 11) is 3.93. The molecule has 2 aliphatic heterocycles. The monoisotopic (exact) mass is 1440 g/mol. The van der Waals surface area contributed by atoms with Crippen LogP contribution in [0.1, 0.15) is 105 Å². The van der Waals surface area contributed by atoms with Crippen molar-refractivity contribution in [2.24, 2.45) is 14.1 Å². The number of benzene rings is 2. The number of hydrogen-bond donors (Lipinski definition) is 4. The van der Waals surface area contributed by atoms with Crippen molar-refractivity contribution in [3.05, 3.63) is 155 Å². The van der Waals surface area contributed by atoms with E-state index in [1.54, 1.807) is 81.5 Å². The zero-order chi connectivity index (χ0) is 65.2. The van der Waals surface area contributed by atoms with Crippen LogP contribution >= 0.6 is 39.1 Å². The van der Waals surface area contributed by atoms with Crippen LogP contribution in [0, 0.1) is 0 Å². The van der Waals surface area contributed by atoms with E-state index in [9.17, 15) is 37.5 Å². The molecule has 6 aromatic heterocycles. The maximum atomic E-state index is 14.0. The number of nitrogen functional groups attached to an aromatic ring is 2. The average Bonchev–Trinajstić information content (AvgIpc) is 0.886. The Morgan fingerprint density at radius 2 is 1.03 bits per heavy atom. The number of unbranched alkanes of at least 4 members (excludes halogenated alkanes) is 3. The van der Waals surface area contributed by atoms with Crippen molar-refractivity contribution in [2.45, 2.75) is 124 Å². The number of amides is 4. The van der Waals surface area contributed by atoms with Gasteiger partial charge in [0, 0.05) is 52.7 Å². The SMILES string of the molecule is CC1(F)CN(C(=O)Cn2c(=O)c(C(=O)NCc3ccc(Cl)cc3)cc3cc(Br)c(N)nc32)C1.CCC[CH2][Sn]([CH2]CCC)([CH2]CCC)[c]1cn(C)cn1.Cn1cnc(-c2cc3cc(C(=O)NCc4ccc(Cl)cc4)c(=O)n(CC(=O)N4CC(C)(F)C4)c3nc2N)c1. The van der Waals surface area contributed by atoms with Gasteiger partial charge in [-0.3, -0.25) is 37.9 Å². The number of aryl methyl sites for hydroxylation is 2. The third kappa shape index (κ3) is 17.0. The maximum Gasteiger partial charge on any atom is 0.265 e. The molecule has 478 valence electrons. The van der Waals surface area contributed by atoms with Gasteiger partial charge >= 0.3 is 124 Å². The number of nitrogens with two attached hydrogens (primary N) is 2. The molecule has 10 rings (SSSR count). The summed E-state index contributed by atoms with van der Waals surface area (Å²) in [6.45, 7) is 9.08. The number of hydrogen-bond acceptors (Lipinski definition) is 12. The fourth-order valence-electron chi connectivity index (χ4n) is 11.1. The molecule has 20 nitrogen and oxygen atoms in total. The van der Waals surface area contributed by atoms with E-state index in [-0.39, 0.29) is 73.3 Å². The molecule has 2 saturated heterocycles. The minimum Gasteiger partial charge on any atom is -0.383 e. The van der Waals surface area contributed by atoms with Gasteiger partial charge in [-0.1, -0.05) is 47.5 Å². The first-order valence-corrected chi connectivity index (χ1v) is 39.0. The summed E-state index contributed by atoms with van der Waals surface area (Å²) in [5, 5.41) is 7.44. The van der Waals surface area contributed by atoms with Crippen LogP contribution in [-0.2, 0) is 49.9 Å². The van der Waals surface area contributed by atoms with Gasteiger partial charge in [0.05, 0.1) is 42.7 Å². The van der Waals surface area contributed by atoms with E-state index >= 15 is 0 Å². The van der Waals surface area contributed by atoms with Crippen molar-refractivity contribution in [1.82, 2.24) is 58.6 Å². The number of halogens is 5. The number of nitrogens with one attached hydrogen (secondary N) is 2. The van der Waals surface area contributed by atoms with Crippen molar-refractivity contribution in [3.63, 3.8) is 0 Å². The number of pyridine rings is 4. The number of likely N-dealkylation sites (tertiary alicyclic amines) is 2. The smallest absolute Gasteiger partial charge is 0.265 e. The molecule has 4 amide bonds. The summed E-state index contributed by atoms with van der Waals surface area (Å²) in [6.07, 6.45) is 16.0. The van der Waals surface area contributed by atoms with Gasteiger partial charge in [-0.2, -0.15) is 0 Å². The number of carbonyl (C=O) groups is 4. The van der Waals surface area contributed by atoms with Crippen LogP contribution in [-0.4, -0.2) is 128 Å². The fraction of sp³-hybridized carbons (Fsp3) is 0.406. The van der Waals surface area contributed by atoms with Crippen LogP contribution in [0.4, 0.5) is 20.4 Å². The third-order valence-corrected chi connectivity index (χ3v) is 32.2. The second-order valence-electron chi connectivity index (χ2n) is 23.9. The number of fused-ring (bicyclic) bond motifs is 2. The molecular formula is C64H77BrCl2F2N14O6Sn. The molecule has 0 saturated carbocycles. The Kier molecular flexibility index (Phi) is 22.8. The summed E-state index contributed by atoms with van der Waals surface area (Å²) >= 11 is 12.9. The third-order valence-electron chi connectivity index (χ3n) is 16.0. The van der Waals surface area contributed by atoms with E-state index in [4.69, 9.17) is 39.7 Å². The summed E-state index contributed by atoms with van der Waals surface area (Å²) in [6, 6.07) is 20.0. The maximum absolute atomic E-state index is 14.0. The predicted octanol–water partition coefficient (Wildman–Crippen LogP) is 9.90. The number of rotatable bonds is 21. The van der Waals surface area contributed by atoms with E-state index in [0.717, 1.165) is 20.3 Å². The number of carbonyl (C=O) groups excluding carboxylic acids is 4. The number of anilines is 2. The Morgan fingerprint density at radius 1 is 0.622 bits per heavy atom. The zero-order valence-electron chi connectivity index (χ0n) is 51.7. The van der Waals surface area contributed by atoms with Crippen molar-refractivity contribution in [1.29, 1.82) is 0 Å². The van der Waals surface area contributed by atoms with Crippen LogP contribution in [0.3, 0.4) is 0 Å². The fourth-order valence-corrected chi connectivity index (χ4v) is 27.1. The van der Waals surface area contributed by atoms with Gasteiger partial charge in [-0.05, 0) is 89.4 Å². The summed E-state index contributed by atoms with van der Waals surface area (Å²) in [4.78, 5) is 98.7. The second kappa shape index (κ2) is 29.8. The molecule has 0 unspecified atom stereocenters. The van der Waals surface area contributed by atoms with Gasteiger partial charge in [-0.25, -0.2) is 23.7 Å². The molecule has 8 aromatic rings. The Morgan fingerprint density at radius 3 is 1.42 bits per heavy atom. The minimum atomic E-state index is -2.21. The molecule has 0 spiro atoms. The van der Waals surface area contributed by atoms with E-state index in [2.05, 4.69) is 80.1 Å². The van der Waals surface area contributed by atoms with Crippen molar-refractivity contribution in [3.8, 4) is 11.3 Å². The van der Waals surface area contributed by atoms with E-state index in [1.165, 1.54) is 87.6 Å². The zero-order valence-corrected chi connectivity index (χ0v) is 57.7. The Hall–Kier alpha value is -7.22. The van der Waals surface area contributed by atoms with E-state index in [1.807, 2.05) is 13.4 Å². The van der Waals surface area contributed by atoms with Crippen molar-refractivity contribution < 1.29 is 28.0 Å². The van der Waals surface area contributed by atoms with Crippen LogP contribution in [0.25, 0.3) is 33.3 Å². The Balaban J connectivity index is 0.000000184. The van der Waals surface area contributed by atoms with Gasteiger partial charge in [0.2, 0.25) is 11.8 Å². The Labute approximate surface area is 543 Å². The topological polar surface area (TPSA) is 256 Å². The van der Waals surface area contributed by atoms with Crippen LogP contribution in [0.5, 0.6) is 0 Å². The van der Waals surface area contributed by atoms with Gasteiger partial charge in [0.25, 0.3) is 22.9 Å².